The molecular weight excluding hydrogens is 448 g/mol. The number of aliphatic carboxylic acids is 1. The summed E-state index contributed by atoms with van der Waals surface area (Å²) in [6, 6.07) is 21.5. The molecule has 4 rings (SSSR count). The number of carbonyl (C=O) groups is 3. The molecule has 0 fully saturated rings. The van der Waals surface area contributed by atoms with E-state index in [2.05, 4.69) is 10.6 Å². The molecule has 0 heterocycles. The van der Waals surface area contributed by atoms with Gasteiger partial charge in [0.1, 0.15) is 12.6 Å². The van der Waals surface area contributed by atoms with Crippen LogP contribution in [-0.4, -0.2) is 46.9 Å². The molecule has 1 aliphatic rings. The first-order valence-corrected chi connectivity index (χ1v) is 11.2. The summed E-state index contributed by atoms with van der Waals surface area (Å²) in [6.45, 7) is 1.32. The van der Waals surface area contributed by atoms with Crippen molar-refractivity contribution < 1.29 is 29.3 Å². The molecule has 1 aliphatic carbocycles. The molecule has 0 aliphatic heterocycles. The average Bonchev–Trinajstić information content (AvgIpc) is 3.18. The SMILES string of the molecule is CC(O)C(NC(=O)[C@@H](NC(=O)OCC1c2ccccc2-c2ccccc21)c1ccccc1)C(=O)O. The summed E-state index contributed by atoms with van der Waals surface area (Å²) in [6.07, 6.45) is -2.15. The topological polar surface area (TPSA) is 125 Å². The normalized spacial score (nSPS) is 14.7. The molecule has 3 aromatic carbocycles. The molecule has 2 amide bonds. The predicted molar refractivity (Wildman–Crippen MR) is 129 cm³/mol. The van der Waals surface area contributed by atoms with Gasteiger partial charge in [-0.1, -0.05) is 78.9 Å². The third kappa shape index (κ3) is 5.17. The highest BCUT2D eigenvalue weighted by Gasteiger charge is 2.32. The molecule has 2 unspecified atom stereocenters. The summed E-state index contributed by atoms with van der Waals surface area (Å²) in [7, 11) is 0. The second-order valence-corrected chi connectivity index (χ2v) is 8.38. The molecule has 35 heavy (non-hydrogen) atoms. The van der Waals surface area contributed by atoms with Gasteiger partial charge in [0.15, 0.2) is 6.04 Å². The molecule has 0 radical (unpaired) electrons. The lowest BCUT2D eigenvalue weighted by molar-refractivity contribution is -0.145. The van der Waals surface area contributed by atoms with Crippen LogP contribution < -0.4 is 10.6 Å². The lowest BCUT2D eigenvalue weighted by atomic mass is 9.98. The number of amides is 2. The number of alkyl carbamates (subject to hydrolysis) is 1. The summed E-state index contributed by atoms with van der Waals surface area (Å²) in [5.41, 5.74) is 4.74. The highest BCUT2D eigenvalue weighted by molar-refractivity contribution is 5.90. The summed E-state index contributed by atoms with van der Waals surface area (Å²) < 4.78 is 5.55. The summed E-state index contributed by atoms with van der Waals surface area (Å²) in [4.78, 5) is 37.1. The van der Waals surface area contributed by atoms with Crippen LogP contribution in [0.2, 0.25) is 0 Å². The summed E-state index contributed by atoms with van der Waals surface area (Å²) >= 11 is 0. The fourth-order valence-corrected chi connectivity index (χ4v) is 4.33. The van der Waals surface area contributed by atoms with E-state index in [1.54, 1.807) is 30.3 Å². The zero-order chi connectivity index (χ0) is 24.9. The summed E-state index contributed by atoms with van der Waals surface area (Å²) in [5, 5.41) is 23.9. The Morgan fingerprint density at radius 1 is 0.857 bits per heavy atom. The van der Waals surface area contributed by atoms with Gasteiger partial charge in [0.2, 0.25) is 5.91 Å². The number of hydrogen-bond donors (Lipinski definition) is 4. The highest BCUT2D eigenvalue weighted by Crippen LogP contribution is 2.44. The monoisotopic (exact) mass is 474 g/mol. The van der Waals surface area contributed by atoms with E-state index in [-0.39, 0.29) is 12.5 Å². The van der Waals surface area contributed by atoms with E-state index in [4.69, 9.17) is 4.74 Å². The van der Waals surface area contributed by atoms with Crippen LogP contribution in [0.25, 0.3) is 11.1 Å². The molecule has 3 atom stereocenters. The van der Waals surface area contributed by atoms with Gasteiger partial charge in [0, 0.05) is 5.92 Å². The van der Waals surface area contributed by atoms with Crippen LogP contribution in [0.3, 0.4) is 0 Å². The standard InChI is InChI=1S/C27H26N2O6/c1-16(30)23(26(32)33)28-25(31)24(17-9-3-2-4-10-17)29-27(34)35-15-22-20-13-7-5-11-18(20)19-12-6-8-14-21(19)22/h2-14,16,22-24,30H,15H2,1H3,(H,28,31)(H,29,34)(H,32,33)/t16?,23?,24-/m0/s1. The van der Waals surface area contributed by atoms with Crippen molar-refractivity contribution in [1.82, 2.24) is 10.6 Å². The Hall–Kier alpha value is -4.17. The van der Waals surface area contributed by atoms with E-state index < -0.39 is 36.2 Å². The molecule has 0 aromatic heterocycles. The van der Waals surface area contributed by atoms with Gasteiger partial charge in [-0.3, -0.25) is 4.79 Å². The van der Waals surface area contributed by atoms with Crippen LogP contribution in [0.4, 0.5) is 4.79 Å². The minimum absolute atomic E-state index is 0.0639. The summed E-state index contributed by atoms with van der Waals surface area (Å²) in [5.74, 6) is -2.32. The number of fused-ring (bicyclic) bond motifs is 3. The third-order valence-electron chi connectivity index (χ3n) is 6.05. The predicted octanol–water partition coefficient (Wildman–Crippen LogP) is 3.22. The first-order valence-electron chi connectivity index (χ1n) is 11.2. The quantitative estimate of drug-likeness (QED) is 0.397. The number of rotatable bonds is 8. The number of carboxylic acid groups (broad SMARTS) is 1. The van der Waals surface area contributed by atoms with Gasteiger partial charge in [-0.15, -0.1) is 0 Å². The van der Waals surface area contributed by atoms with Crippen LogP contribution in [0, 0.1) is 0 Å². The van der Waals surface area contributed by atoms with Crippen LogP contribution >= 0.6 is 0 Å². The molecule has 0 bridgehead atoms. The molecule has 0 saturated carbocycles. The van der Waals surface area contributed by atoms with Gasteiger partial charge in [0.05, 0.1) is 6.10 Å². The number of benzene rings is 3. The molecule has 0 saturated heterocycles. The Kier molecular flexibility index (Phi) is 7.12. The van der Waals surface area contributed by atoms with Gasteiger partial charge < -0.3 is 25.6 Å². The molecule has 0 spiro atoms. The number of ether oxygens (including phenoxy) is 1. The van der Waals surface area contributed by atoms with E-state index in [9.17, 15) is 24.6 Å². The average molecular weight is 475 g/mol. The second kappa shape index (κ2) is 10.4. The second-order valence-electron chi connectivity index (χ2n) is 8.38. The van der Waals surface area contributed by atoms with Crippen LogP contribution in [0.1, 0.15) is 35.6 Å². The zero-order valence-electron chi connectivity index (χ0n) is 19.0. The van der Waals surface area contributed by atoms with Crippen molar-refractivity contribution in [3.8, 4) is 11.1 Å². The van der Waals surface area contributed by atoms with E-state index in [0.717, 1.165) is 22.3 Å². The van der Waals surface area contributed by atoms with Gasteiger partial charge >= 0.3 is 12.1 Å². The number of hydrogen-bond acceptors (Lipinski definition) is 5. The van der Waals surface area contributed by atoms with Gasteiger partial charge in [-0.25, -0.2) is 9.59 Å². The maximum Gasteiger partial charge on any atom is 0.408 e. The Balaban J connectivity index is 1.49. The van der Waals surface area contributed by atoms with E-state index in [1.165, 1.54) is 6.92 Å². The van der Waals surface area contributed by atoms with Crippen molar-refractivity contribution in [2.24, 2.45) is 0 Å². The van der Waals surface area contributed by atoms with Crippen molar-refractivity contribution in [3.05, 3.63) is 95.6 Å². The third-order valence-corrected chi connectivity index (χ3v) is 6.05. The minimum atomic E-state index is -1.53. The largest absolute Gasteiger partial charge is 0.480 e. The van der Waals surface area contributed by atoms with E-state index in [1.807, 2.05) is 48.5 Å². The Bertz CT molecular complexity index is 1180. The smallest absolute Gasteiger partial charge is 0.408 e. The van der Waals surface area contributed by atoms with E-state index in [0.29, 0.717) is 5.56 Å². The van der Waals surface area contributed by atoms with Crippen LogP contribution in [-0.2, 0) is 14.3 Å². The number of aliphatic hydroxyl groups excluding tert-OH is 1. The molecule has 8 nitrogen and oxygen atoms in total. The van der Waals surface area contributed by atoms with Crippen molar-refractivity contribution in [2.45, 2.75) is 31.0 Å². The van der Waals surface area contributed by atoms with Crippen LogP contribution in [0.5, 0.6) is 0 Å². The van der Waals surface area contributed by atoms with E-state index >= 15 is 0 Å². The molecule has 8 heteroatoms. The number of nitrogens with one attached hydrogen (secondary N) is 2. The van der Waals surface area contributed by atoms with Crippen molar-refractivity contribution in [2.75, 3.05) is 6.61 Å². The first kappa shape index (κ1) is 24.0. The Morgan fingerprint density at radius 3 is 1.94 bits per heavy atom. The highest BCUT2D eigenvalue weighted by atomic mass is 16.5. The lowest BCUT2D eigenvalue weighted by Crippen LogP contribution is -2.51. The molecule has 4 N–H and O–H groups in total. The maximum absolute atomic E-state index is 12.9. The van der Waals surface area contributed by atoms with Crippen LogP contribution in [0.15, 0.2) is 78.9 Å². The number of carbonyl (C=O) groups excluding carboxylic acids is 2. The van der Waals surface area contributed by atoms with Crippen molar-refractivity contribution in [1.29, 1.82) is 0 Å². The Morgan fingerprint density at radius 2 is 1.40 bits per heavy atom. The molecule has 180 valence electrons. The maximum atomic E-state index is 12.9. The number of carboxylic acids is 1. The van der Waals surface area contributed by atoms with Crippen molar-refractivity contribution in [3.63, 3.8) is 0 Å². The minimum Gasteiger partial charge on any atom is -0.480 e. The fourth-order valence-electron chi connectivity index (χ4n) is 4.33. The zero-order valence-corrected chi connectivity index (χ0v) is 19.0. The first-order chi connectivity index (χ1) is 16.9. The molecule has 3 aromatic rings. The van der Waals surface area contributed by atoms with Crippen molar-refractivity contribution >= 4 is 18.0 Å². The number of aliphatic hydroxyl groups is 1. The van der Waals surface area contributed by atoms with Gasteiger partial charge in [0.25, 0.3) is 0 Å². The Labute approximate surface area is 202 Å². The molecular formula is C27H26N2O6. The van der Waals surface area contributed by atoms with Gasteiger partial charge in [-0.2, -0.15) is 0 Å². The van der Waals surface area contributed by atoms with Gasteiger partial charge in [-0.05, 0) is 34.7 Å². The fraction of sp³-hybridized carbons (Fsp3) is 0.222. The lowest BCUT2D eigenvalue weighted by Gasteiger charge is -2.23.